The lowest BCUT2D eigenvalue weighted by Crippen LogP contribution is -2.09. The van der Waals surface area contributed by atoms with Gasteiger partial charge in [0.2, 0.25) is 0 Å². The average molecular weight is 836 g/mol. The lowest BCUT2D eigenvalue weighted by Gasteiger charge is -2.08. The van der Waals surface area contributed by atoms with Crippen LogP contribution in [0, 0.1) is 31.8 Å². The minimum Gasteiger partial charge on any atom is -0.478 e. The Balaban J connectivity index is 1.21. The Labute approximate surface area is 345 Å². The summed E-state index contributed by atoms with van der Waals surface area (Å²) in [5.74, 6) is -5.63. The molecule has 5 aromatic heterocycles. The number of anilines is 2. The third-order valence-electron chi connectivity index (χ3n) is 8.79. The van der Waals surface area contributed by atoms with Gasteiger partial charge in [-0.15, -0.1) is 20.5 Å². The van der Waals surface area contributed by atoms with Crippen LogP contribution in [0.25, 0.3) is 27.9 Å². The summed E-state index contributed by atoms with van der Waals surface area (Å²) in [4.78, 5) is 54.9. The van der Waals surface area contributed by atoms with Crippen molar-refractivity contribution < 1.29 is 39.6 Å². The predicted molar refractivity (Wildman–Crippen MR) is 211 cm³/mol. The molecular formula is C37H25N17O8. The van der Waals surface area contributed by atoms with Gasteiger partial charge in [0.15, 0.2) is 46.3 Å². The lowest BCUT2D eigenvalue weighted by molar-refractivity contribution is 0.0676. The summed E-state index contributed by atoms with van der Waals surface area (Å²) in [6, 6.07) is 13.2. The van der Waals surface area contributed by atoms with E-state index in [0.717, 1.165) is 58.2 Å². The molecule has 8 N–H and O–H groups in total. The summed E-state index contributed by atoms with van der Waals surface area (Å²) in [5.41, 5.74) is 12.1. The van der Waals surface area contributed by atoms with Crippen LogP contribution in [0.1, 0.15) is 58.4 Å². The highest BCUT2D eigenvalue weighted by Crippen LogP contribution is 2.36. The third-order valence-corrected chi connectivity index (χ3v) is 8.79. The highest BCUT2D eigenvalue weighted by molar-refractivity contribution is 5.96. The van der Waals surface area contributed by atoms with Gasteiger partial charge in [0, 0.05) is 0 Å². The number of azo groups is 2. The number of nitrogens with zero attached hydrogens (tertiary/aromatic N) is 15. The van der Waals surface area contributed by atoms with E-state index in [4.69, 9.17) is 18.0 Å². The smallest absolute Gasteiger partial charge is 0.335 e. The number of carboxylic acid groups (broad SMARTS) is 4. The van der Waals surface area contributed by atoms with E-state index in [1.807, 2.05) is 6.07 Å². The molecule has 0 saturated carbocycles. The number of benzene rings is 2. The number of nitrogen functional groups attached to an aromatic ring is 2. The van der Waals surface area contributed by atoms with E-state index in [1.165, 1.54) is 9.36 Å². The predicted octanol–water partition coefficient (Wildman–Crippen LogP) is 5.65. The number of nitrogens with two attached hydrogens (primary N) is 2. The Bertz CT molecular complexity index is 2920. The number of hydrogen-bond acceptors (Lipinski definition) is 16. The molecule has 0 unspecified atom stereocenters. The molecular weight excluding hydrogens is 811 g/mol. The molecule has 0 spiro atoms. The maximum atomic E-state index is 11.7. The zero-order chi connectivity index (χ0) is 44.6. The number of rotatable bonds is 12. The second-order valence-electron chi connectivity index (χ2n) is 12.8. The van der Waals surface area contributed by atoms with Crippen LogP contribution < -0.4 is 11.5 Å². The largest absolute Gasteiger partial charge is 0.478 e. The Hall–Kier alpha value is -9.91. The molecule has 0 aliphatic heterocycles. The van der Waals surface area contributed by atoms with Crippen molar-refractivity contribution in [1.29, 1.82) is 5.26 Å². The van der Waals surface area contributed by atoms with E-state index in [2.05, 4.69) is 50.7 Å². The quantitative estimate of drug-likeness (QED) is 0.0639. The molecule has 0 atom stereocenters. The number of carbonyl (C=O) groups is 4. The van der Waals surface area contributed by atoms with Gasteiger partial charge in [0.25, 0.3) is 5.69 Å². The first kappa shape index (κ1) is 40.3. The number of carboxylic acids is 4. The molecule has 25 nitrogen and oxygen atoms in total. The van der Waals surface area contributed by atoms with Crippen LogP contribution in [0.3, 0.4) is 0 Å². The van der Waals surface area contributed by atoms with E-state index in [1.54, 1.807) is 32.0 Å². The van der Waals surface area contributed by atoms with Crippen molar-refractivity contribution in [2.45, 2.75) is 13.8 Å². The van der Waals surface area contributed by atoms with Crippen LogP contribution in [0.4, 0.5) is 40.3 Å². The molecule has 25 heteroatoms. The van der Waals surface area contributed by atoms with Crippen molar-refractivity contribution in [3.05, 3.63) is 118 Å². The van der Waals surface area contributed by atoms with Gasteiger partial charge >= 0.3 is 23.9 Å². The van der Waals surface area contributed by atoms with Crippen molar-refractivity contribution in [2.75, 3.05) is 11.5 Å². The van der Waals surface area contributed by atoms with Crippen molar-refractivity contribution in [1.82, 2.24) is 44.1 Å². The second-order valence-corrected chi connectivity index (χ2v) is 12.8. The topological polar surface area (TPSA) is 363 Å². The molecule has 0 amide bonds. The molecule has 7 aromatic rings. The number of hydrogen-bond donors (Lipinski definition) is 6. The monoisotopic (exact) mass is 835 g/mol. The van der Waals surface area contributed by atoms with E-state index in [-0.39, 0.29) is 103 Å². The van der Waals surface area contributed by atoms with Crippen LogP contribution in [-0.4, -0.2) is 88.4 Å². The number of nitriles is 1. The first-order chi connectivity index (χ1) is 29.6. The summed E-state index contributed by atoms with van der Waals surface area (Å²) in [7, 11) is 0. The third kappa shape index (κ3) is 7.36. The SMILES string of the molecule is [C-]#[N+]c1cnn(-c2cc(C(=O)O)cc(C(=O)O)c2)c1N=Nc1c(C)nn(-c2cccc(-n3nc(C)c(N=Nc4c(C#N)cnn4-c4cc(C(=O)O)cc(C(=O)O)c4)c3N)n2)c1N. The molecule has 5 heterocycles. The van der Waals surface area contributed by atoms with E-state index < -0.39 is 23.9 Å². The molecule has 0 fully saturated rings. The van der Waals surface area contributed by atoms with Gasteiger partial charge in [-0.3, -0.25) is 0 Å². The van der Waals surface area contributed by atoms with E-state index in [9.17, 15) is 44.9 Å². The fourth-order valence-electron chi connectivity index (χ4n) is 5.87. The van der Waals surface area contributed by atoms with Gasteiger partial charge in [-0.25, -0.2) is 38.4 Å². The number of pyridine rings is 1. The normalized spacial score (nSPS) is 11.2. The summed E-state index contributed by atoms with van der Waals surface area (Å²) in [6.45, 7) is 10.8. The van der Waals surface area contributed by atoms with Crippen molar-refractivity contribution >= 4 is 64.2 Å². The Kier molecular flexibility index (Phi) is 10.3. The summed E-state index contributed by atoms with van der Waals surface area (Å²) in [6.07, 6.45) is 2.30. The van der Waals surface area contributed by atoms with Crippen LogP contribution >= 0.6 is 0 Å². The van der Waals surface area contributed by atoms with Crippen LogP contribution in [0.2, 0.25) is 0 Å². The molecule has 306 valence electrons. The Morgan fingerprint density at radius 3 is 1.50 bits per heavy atom. The number of aromatic nitrogens is 9. The first-order valence-electron chi connectivity index (χ1n) is 17.3. The number of aromatic carboxylic acids is 4. The molecule has 0 radical (unpaired) electrons. The van der Waals surface area contributed by atoms with Crippen molar-refractivity contribution in [3.8, 4) is 29.1 Å². The minimum atomic E-state index is -1.39. The standard InChI is InChI=1S/C37H25N17O8/c1-16-28(45-47-32-22(13-38)14-42-51(32)23-9-18(34(55)56)7-19(10-23)35(57)58)30(39)53(49-16)26-5-4-6-27(44-26)54-31(40)29(17(2)50-54)46-48-33-25(41-3)15-43-52(33)24-11-20(36(59)60)8-21(12-24)37(61)62/h4-12,14-15H,39-40H2,1-2H3,(H,55,56)(H,57,58)(H,59,60)(H,61,62). The zero-order valence-electron chi connectivity index (χ0n) is 31.6. The molecule has 7 rings (SSSR count). The summed E-state index contributed by atoms with van der Waals surface area (Å²) >= 11 is 0. The summed E-state index contributed by atoms with van der Waals surface area (Å²) in [5, 5.41) is 81.9. The molecule has 0 aliphatic carbocycles. The fraction of sp³-hybridized carbons (Fsp3) is 0.0541. The van der Waals surface area contributed by atoms with Gasteiger partial charge in [0.1, 0.15) is 11.6 Å². The fourth-order valence-corrected chi connectivity index (χ4v) is 5.87. The number of aryl methyl sites for hydroxylation is 2. The lowest BCUT2D eigenvalue weighted by atomic mass is 10.1. The van der Waals surface area contributed by atoms with Crippen molar-refractivity contribution in [2.24, 2.45) is 20.5 Å². The maximum absolute atomic E-state index is 11.7. The zero-order valence-corrected chi connectivity index (χ0v) is 31.6. The highest BCUT2D eigenvalue weighted by Gasteiger charge is 2.22. The molecule has 0 saturated heterocycles. The molecule has 0 bridgehead atoms. The van der Waals surface area contributed by atoms with Crippen LogP contribution in [0.5, 0.6) is 0 Å². The molecule has 2 aromatic carbocycles. The van der Waals surface area contributed by atoms with Gasteiger partial charge in [-0.05, 0) is 62.4 Å². The molecule has 0 aliphatic rings. The van der Waals surface area contributed by atoms with Gasteiger partial charge < -0.3 is 31.9 Å². The van der Waals surface area contributed by atoms with Gasteiger partial charge in [-0.1, -0.05) is 6.07 Å². The van der Waals surface area contributed by atoms with Crippen LogP contribution in [0.15, 0.2) is 87.4 Å². The van der Waals surface area contributed by atoms with Crippen molar-refractivity contribution in [3.63, 3.8) is 0 Å². The summed E-state index contributed by atoms with van der Waals surface area (Å²) < 4.78 is 4.62. The minimum absolute atomic E-state index is 0.0109. The Morgan fingerprint density at radius 2 is 1.08 bits per heavy atom. The van der Waals surface area contributed by atoms with Gasteiger partial charge in [0.05, 0.1) is 64.0 Å². The second kappa shape index (κ2) is 15.8. The van der Waals surface area contributed by atoms with E-state index >= 15 is 0 Å². The van der Waals surface area contributed by atoms with Gasteiger partial charge in [-0.2, -0.15) is 35.0 Å². The molecule has 62 heavy (non-hydrogen) atoms. The van der Waals surface area contributed by atoms with Crippen LogP contribution in [-0.2, 0) is 0 Å². The first-order valence-corrected chi connectivity index (χ1v) is 17.3. The Morgan fingerprint density at radius 1 is 0.661 bits per heavy atom. The maximum Gasteiger partial charge on any atom is 0.335 e. The highest BCUT2D eigenvalue weighted by atomic mass is 16.4. The average Bonchev–Trinajstić information content (AvgIpc) is 4.01. The van der Waals surface area contributed by atoms with E-state index in [0.29, 0.717) is 0 Å².